The van der Waals surface area contributed by atoms with Crippen molar-refractivity contribution in [2.75, 3.05) is 32.7 Å². The van der Waals surface area contributed by atoms with Gasteiger partial charge >= 0.3 is 0 Å². The van der Waals surface area contributed by atoms with Crippen LogP contribution in [0.2, 0.25) is 0 Å². The van der Waals surface area contributed by atoms with E-state index in [4.69, 9.17) is 0 Å². The van der Waals surface area contributed by atoms with Gasteiger partial charge in [-0.1, -0.05) is 30.3 Å². The number of nitrogens with zero attached hydrogens (tertiary/aromatic N) is 5. The van der Waals surface area contributed by atoms with Gasteiger partial charge in [0.2, 0.25) is 11.8 Å². The number of nitriles is 2. The second-order valence-corrected chi connectivity index (χ2v) is 7.69. The van der Waals surface area contributed by atoms with Crippen molar-refractivity contribution in [1.82, 2.24) is 14.7 Å². The molecule has 7 nitrogen and oxygen atoms in total. The first-order valence-electron chi connectivity index (χ1n) is 10.3. The van der Waals surface area contributed by atoms with Crippen molar-refractivity contribution in [2.24, 2.45) is 0 Å². The summed E-state index contributed by atoms with van der Waals surface area (Å²) in [5, 5.41) is 18.5. The first kappa shape index (κ1) is 20.8. The fourth-order valence-corrected chi connectivity index (χ4v) is 4.11. The minimum atomic E-state index is -0.365. The van der Waals surface area contributed by atoms with Crippen LogP contribution in [0.3, 0.4) is 0 Å². The van der Waals surface area contributed by atoms with E-state index in [9.17, 15) is 20.1 Å². The highest BCUT2D eigenvalue weighted by Crippen LogP contribution is 2.18. The molecule has 2 aliphatic heterocycles. The van der Waals surface area contributed by atoms with Gasteiger partial charge in [0, 0.05) is 19.6 Å². The lowest BCUT2D eigenvalue weighted by Crippen LogP contribution is -2.47. The van der Waals surface area contributed by atoms with Crippen LogP contribution in [0.1, 0.15) is 31.2 Å². The SMILES string of the molecule is N#C[C@@H]1CCCN1C(=O)CN(CCc1ccccc1)CC(=O)N1CCC[C@H]1C#N. The van der Waals surface area contributed by atoms with Crippen molar-refractivity contribution in [3.63, 3.8) is 0 Å². The van der Waals surface area contributed by atoms with Crippen LogP contribution in [0, 0.1) is 22.7 Å². The third-order valence-corrected chi connectivity index (χ3v) is 5.72. The Morgan fingerprint density at radius 2 is 1.45 bits per heavy atom. The number of hydrogen-bond donors (Lipinski definition) is 0. The third-order valence-electron chi connectivity index (χ3n) is 5.72. The van der Waals surface area contributed by atoms with Crippen molar-refractivity contribution in [3.8, 4) is 12.1 Å². The molecule has 1 aromatic carbocycles. The third kappa shape index (κ3) is 5.34. The molecule has 0 N–H and O–H groups in total. The van der Waals surface area contributed by atoms with Crippen molar-refractivity contribution < 1.29 is 9.59 Å². The maximum absolute atomic E-state index is 12.8. The van der Waals surface area contributed by atoms with E-state index in [2.05, 4.69) is 12.1 Å². The first-order chi connectivity index (χ1) is 14.1. The average molecular weight is 393 g/mol. The quantitative estimate of drug-likeness (QED) is 0.701. The molecule has 2 heterocycles. The Morgan fingerprint density at radius 1 is 0.931 bits per heavy atom. The van der Waals surface area contributed by atoms with E-state index >= 15 is 0 Å². The summed E-state index contributed by atoms with van der Waals surface area (Å²) in [7, 11) is 0. The van der Waals surface area contributed by atoms with E-state index in [1.54, 1.807) is 9.80 Å². The molecule has 3 rings (SSSR count). The lowest BCUT2D eigenvalue weighted by atomic mass is 10.1. The summed E-state index contributed by atoms with van der Waals surface area (Å²) in [4.78, 5) is 30.8. The van der Waals surface area contributed by atoms with Gasteiger partial charge in [-0.2, -0.15) is 10.5 Å². The molecule has 2 aliphatic rings. The van der Waals surface area contributed by atoms with Gasteiger partial charge < -0.3 is 9.80 Å². The van der Waals surface area contributed by atoms with Crippen LogP contribution in [-0.2, 0) is 16.0 Å². The highest BCUT2D eigenvalue weighted by atomic mass is 16.2. The molecular formula is C22H27N5O2. The number of likely N-dealkylation sites (tertiary alicyclic amines) is 2. The predicted molar refractivity (Wildman–Crippen MR) is 107 cm³/mol. The molecule has 2 atom stereocenters. The largest absolute Gasteiger partial charge is 0.326 e. The molecule has 2 amide bonds. The minimum absolute atomic E-state index is 0.104. The van der Waals surface area contributed by atoms with Crippen LogP contribution in [0.4, 0.5) is 0 Å². The molecule has 1 aromatic rings. The lowest BCUT2D eigenvalue weighted by molar-refractivity contribution is -0.135. The van der Waals surface area contributed by atoms with E-state index in [0.717, 1.165) is 24.8 Å². The van der Waals surface area contributed by atoms with Crippen LogP contribution in [0.15, 0.2) is 30.3 Å². The summed E-state index contributed by atoms with van der Waals surface area (Å²) in [6, 6.07) is 13.6. The molecule has 0 bridgehead atoms. The molecule has 0 aliphatic carbocycles. The van der Waals surface area contributed by atoms with E-state index < -0.39 is 0 Å². The Kier molecular flexibility index (Phi) is 7.21. The summed E-state index contributed by atoms with van der Waals surface area (Å²) in [6.07, 6.45) is 3.82. The summed E-state index contributed by atoms with van der Waals surface area (Å²) < 4.78 is 0. The molecule has 152 valence electrons. The molecule has 0 aromatic heterocycles. The van der Waals surface area contributed by atoms with Crippen molar-refractivity contribution >= 4 is 11.8 Å². The molecule has 0 radical (unpaired) electrons. The van der Waals surface area contributed by atoms with Gasteiger partial charge in [-0.15, -0.1) is 0 Å². The Hall–Kier alpha value is -2.90. The number of benzene rings is 1. The zero-order chi connectivity index (χ0) is 20.6. The second kappa shape index (κ2) is 10.0. The maximum atomic E-state index is 12.8. The fraction of sp³-hybridized carbons (Fsp3) is 0.545. The van der Waals surface area contributed by atoms with Crippen LogP contribution in [0.5, 0.6) is 0 Å². The second-order valence-electron chi connectivity index (χ2n) is 7.69. The van der Waals surface area contributed by atoms with Crippen LogP contribution in [0.25, 0.3) is 0 Å². The molecule has 0 saturated carbocycles. The summed E-state index contributed by atoms with van der Waals surface area (Å²) in [5.74, 6) is -0.207. The highest BCUT2D eigenvalue weighted by Gasteiger charge is 2.32. The topological polar surface area (TPSA) is 91.4 Å². The van der Waals surface area contributed by atoms with Crippen LogP contribution < -0.4 is 0 Å². The molecule has 0 unspecified atom stereocenters. The van der Waals surface area contributed by atoms with Gasteiger partial charge in [-0.25, -0.2) is 0 Å². The number of rotatable bonds is 7. The summed E-state index contributed by atoms with van der Waals surface area (Å²) in [5.41, 5.74) is 1.14. The van der Waals surface area contributed by atoms with Crippen molar-refractivity contribution in [3.05, 3.63) is 35.9 Å². The Bertz CT molecular complexity index is 752. The fourth-order valence-electron chi connectivity index (χ4n) is 4.11. The van der Waals surface area contributed by atoms with Crippen molar-refractivity contribution in [1.29, 1.82) is 10.5 Å². The Balaban J connectivity index is 1.65. The van der Waals surface area contributed by atoms with E-state index in [1.165, 1.54) is 0 Å². The van der Waals surface area contributed by atoms with Gasteiger partial charge in [0.15, 0.2) is 0 Å². The summed E-state index contributed by atoms with van der Waals surface area (Å²) in [6.45, 7) is 1.99. The zero-order valence-electron chi connectivity index (χ0n) is 16.7. The van der Waals surface area contributed by atoms with Gasteiger partial charge in [0.05, 0.1) is 25.2 Å². The normalized spacial score (nSPS) is 21.2. The molecule has 2 saturated heterocycles. The predicted octanol–water partition coefficient (Wildman–Crippen LogP) is 1.56. The van der Waals surface area contributed by atoms with Crippen LogP contribution >= 0.6 is 0 Å². The van der Waals surface area contributed by atoms with E-state index in [-0.39, 0.29) is 37.0 Å². The number of amides is 2. The van der Waals surface area contributed by atoms with Gasteiger partial charge in [-0.3, -0.25) is 14.5 Å². The number of carbonyl (C=O) groups excluding carboxylic acids is 2. The first-order valence-corrected chi connectivity index (χ1v) is 10.3. The monoisotopic (exact) mass is 393 g/mol. The smallest absolute Gasteiger partial charge is 0.237 e. The number of carbonyl (C=O) groups is 2. The Labute approximate surface area is 172 Å². The standard InChI is InChI=1S/C22H27N5O2/c23-14-19-8-4-11-26(19)21(28)16-25(13-10-18-6-2-1-3-7-18)17-22(29)27-12-5-9-20(27)15-24/h1-3,6-7,19-20H,4-5,8-13,16-17H2/t19-,20-/m0/s1. The van der Waals surface area contributed by atoms with E-state index in [1.807, 2.05) is 35.2 Å². The molecule has 0 spiro atoms. The lowest BCUT2D eigenvalue weighted by Gasteiger charge is -2.28. The summed E-state index contributed by atoms with van der Waals surface area (Å²) >= 11 is 0. The molecule has 2 fully saturated rings. The molecular weight excluding hydrogens is 366 g/mol. The number of hydrogen-bond acceptors (Lipinski definition) is 5. The molecule has 7 heteroatoms. The molecule has 29 heavy (non-hydrogen) atoms. The highest BCUT2D eigenvalue weighted by molar-refractivity contribution is 5.82. The van der Waals surface area contributed by atoms with Gasteiger partial charge in [0.1, 0.15) is 12.1 Å². The zero-order valence-corrected chi connectivity index (χ0v) is 16.7. The van der Waals surface area contributed by atoms with Crippen molar-refractivity contribution in [2.45, 2.75) is 44.2 Å². The van der Waals surface area contributed by atoms with Gasteiger partial charge in [-0.05, 0) is 37.7 Å². The average Bonchev–Trinajstić information content (AvgIpc) is 3.41. The van der Waals surface area contributed by atoms with E-state index in [0.29, 0.717) is 32.5 Å². The van der Waals surface area contributed by atoms with Gasteiger partial charge in [0.25, 0.3) is 0 Å². The van der Waals surface area contributed by atoms with Crippen LogP contribution in [-0.4, -0.2) is 71.3 Å². The Morgan fingerprint density at radius 3 is 1.93 bits per heavy atom. The maximum Gasteiger partial charge on any atom is 0.237 e. The minimum Gasteiger partial charge on any atom is -0.326 e.